The van der Waals surface area contributed by atoms with Gasteiger partial charge in [-0.15, -0.1) is 0 Å². The number of nitrogens with two attached hydrogens (primary N) is 3. The Bertz CT molecular complexity index is 352. The molecule has 0 heterocycles. The van der Waals surface area contributed by atoms with Crippen molar-refractivity contribution in [1.29, 1.82) is 0 Å². The van der Waals surface area contributed by atoms with E-state index in [1.165, 1.54) is 0 Å². The van der Waals surface area contributed by atoms with Gasteiger partial charge in [-0.2, -0.15) is 0 Å². The normalized spacial score (nSPS) is 12.8. The summed E-state index contributed by atoms with van der Waals surface area (Å²) in [5.41, 5.74) is 15.3. The van der Waals surface area contributed by atoms with Gasteiger partial charge in [-0.1, -0.05) is 12.1 Å². The molecule has 0 aromatic carbocycles. The van der Waals surface area contributed by atoms with Crippen LogP contribution in [0.25, 0.3) is 0 Å². The van der Waals surface area contributed by atoms with Crippen molar-refractivity contribution < 1.29 is 19.6 Å². The first-order chi connectivity index (χ1) is 8.33. The highest BCUT2D eigenvalue weighted by Gasteiger charge is 2.28. The largest absolute Gasteiger partial charge is 0.409 e. The van der Waals surface area contributed by atoms with Crippen molar-refractivity contribution in [2.75, 3.05) is 13.1 Å². The van der Waals surface area contributed by atoms with Gasteiger partial charge >= 0.3 is 0 Å². The maximum atomic E-state index is 12.0. The number of rotatable bonds is 7. The first kappa shape index (κ1) is 15.7. The van der Waals surface area contributed by atoms with Gasteiger partial charge < -0.3 is 27.3 Å². The summed E-state index contributed by atoms with van der Waals surface area (Å²) in [4.78, 5) is 34.5. The van der Waals surface area contributed by atoms with E-state index in [-0.39, 0.29) is 12.3 Å². The summed E-state index contributed by atoms with van der Waals surface area (Å²) in [6, 6.07) is 0. The van der Waals surface area contributed by atoms with Crippen LogP contribution in [0.4, 0.5) is 0 Å². The van der Waals surface area contributed by atoms with Crippen LogP contribution in [0.3, 0.4) is 0 Å². The number of carbonyl (C=O) groups is 3. The Labute approximate surface area is 104 Å². The Morgan fingerprint density at radius 3 is 1.89 bits per heavy atom. The molecule has 0 saturated carbocycles. The average Bonchev–Trinajstić information content (AvgIpc) is 2.27. The van der Waals surface area contributed by atoms with Gasteiger partial charge in [-0.25, -0.2) is 0 Å². The lowest BCUT2D eigenvalue weighted by Crippen LogP contribution is -2.48. The number of hydrogen-bond acceptors (Lipinski definition) is 5. The molecule has 0 rings (SSSR count). The van der Waals surface area contributed by atoms with E-state index in [0.29, 0.717) is 0 Å². The van der Waals surface area contributed by atoms with Crippen LogP contribution in [0, 0.1) is 5.92 Å². The quantitative estimate of drug-likeness (QED) is 0.172. The number of carbonyl (C=O) groups excluding carboxylic acids is 3. The minimum absolute atomic E-state index is 0.239. The molecule has 0 bridgehead atoms. The monoisotopic (exact) mass is 259 g/mol. The zero-order valence-electron chi connectivity index (χ0n) is 10.00. The Kier molecular flexibility index (Phi) is 6.18. The zero-order chi connectivity index (χ0) is 14.3. The van der Waals surface area contributed by atoms with Gasteiger partial charge in [0.25, 0.3) is 0 Å². The Balaban J connectivity index is 5.02. The van der Waals surface area contributed by atoms with Gasteiger partial charge in [0.2, 0.25) is 17.7 Å². The second-order valence-electron chi connectivity index (χ2n) is 3.61. The van der Waals surface area contributed by atoms with Crippen LogP contribution in [0.2, 0.25) is 0 Å². The summed E-state index contributed by atoms with van der Waals surface area (Å²) in [7, 11) is 0. The summed E-state index contributed by atoms with van der Waals surface area (Å²) in [5.74, 6) is -3.47. The fraction of sp³-hybridized carbons (Fsp3) is 0.556. The van der Waals surface area contributed by atoms with Crippen LogP contribution in [-0.4, -0.2) is 46.8 Å². The first-order valence-corrected chi connectivity index (χ1v) is 5.16. The Hall–Kier alpha value is -2.32. The van der Waals surface area contributed by atoms with Gasteiger partial charge in [-0.05, 0) is 6.42 Å². The molecule has 102 valence electrons. The molecule has 1 atom stereocenters. The standard InChI is InChI=1S/C9H17N5O4/c1-2-5(8(12)13-18)9(17)14(3-6(10)15)4-7(11)16/h5,18H,2-4H2,1H3,(H2,10,15)(H2,11,16)(H2,12,13). The fourth-order valence-corrected chi connectivity index (χ4v) is 1.39. The van der Waals surface area contributed by atoms with Gasteiger partial charge in [0.1, 0.15) is 0 Å². The summed E-state index contributed by atoms with van der Waals surface area (Å²) < 4.78 is 0. The molecule has 0 aromatic heterocycles. The van der Waals surface area contributed by atoms with Crippen molar-refractivity contribution in [3.05, 3.63) is 0 Å². The maximum absolute atomic E-state index is 12.0. The molecule has 18 heavy (non-hydrogen) atoms. The van der Waals surface area contributed by atoms with Crippen LogP contribution in [-0.2, 0) is 14.4 Å². The average molecular weight is 259 g/mol. The van der Waals surface area contributed by atoms with E-state index in [9.17, 15) is 14.4 Å². The van der Waals surface area contributed by atoms with Crippen LogP contribution in [0.1, 0.15) is 13.3 Å². The third-order valence-electron chi connectivity index (χ3n) is 2.18. The van der Waals surface area contributed by atoms with E-state index in [1.54, 1.807) is 6.92 Å². The van der Waals surface area contributed by atoms with Crippen LogP contribution >= 0.6 is 0 Å². The fourth-order valence-electron chi connectivity index (χ4n) is 1.39. The molecule has 9 nitrogen and oxygen atoms in total. The van der Waals surface area contributed by atoms with Gasteiger partial charge in [0, 0.05) is 0 Å². The maximum Gasteiger partial charge on any atom is 0.237 e. The number of primary amides is 2. The van der Waals surface area contributed by atoms with E-state index in [4.69, 9.17) is 22.4 Å². The van der Waals surface area contributed by atoms with Crippen molar-refractivity contribution in [2.24, 2.45) is 28.3 Å². The summed E-state index contributed by atoms with van der Waals surface area (Å²) in [6.07, 6.45) is 0.239. The molecule has 1 unspecified atom stereocenters. The number of oxime groups is 1. The predicted octanol–water partition coefficient (Wildman–Crippen LogP) is -2.44. The lowest BCUT2D eigenvalue weighted by molar-refractivity contribution is -0.139. The molecule has 9 heteroatoms. The van der Waals surface area contributed by atoms with Crippen molar-refractivity contribution in [3.63, 3.8) is 0 Å². The van der Waals surface area contributed by atoms with E-state index < -0.39 is 36.7 Å². The number of amidine groups is 1. The van der Waals surface area contributed by atoms with Crippen molar-refractivity contribution >= 4 is 23.6 Å². The summed E-state index contributed by atoms with van der Waals surface area (Å²) >= 11 is 0. The highest BCUT2D eigenvalue weighted by molar-refractivity contribution is 6.03. The van der Waals surface area contributed by atoms with Crippen molar-refractivity contribution in [1.82, 2.24) is 4.90 Å². The predicted molar refractivity (Wildman–Crippen MR) is 62.2 cm³/mol. The summed E-state index contributed by atoms with van der Waals surface area (Å²) in [6.45, 7) is 0.710. The number of hydrogen-bond donors (Lipinski definition) is 4. The third kappa shape index (κ3) is 4.68. The van der Waals surface area contributed by atoms with Crippen LogP contribution in [0.15, 0.2) is 5.16 Å². The minimum atomic E-state index is -0.936. The van der Waals surface area contributed by atoms with Gasteiger partial charge in [0.05, 0.1) is 19.0 Å². The molecular weight excluding hydrogens is 242 g/mol. The first-order valence-electron chi connectivity index (χ1n) is 5.16. The molecule has 0 radical (unpaired) electrons. The smallest absolute Gasteiger partial charge is 0.237 e. The highest BCUT2D eigenvalue weighted by atomic mass is 16.4. The Morgan fingerprint density at radius 2 is 1.61 bits per heavy atom. The topological polar surface area (TPSA) is 165 Å². The second kappa shape index (κ2) is 7.09. The molecule has 0 aromatic rings. The van der Waals surface area contributed by atoms with E-state index >= 15 is 0 Å². The van der Waals surface area contributed by atoms with Crippen molar-refractivity contribution in [2.45, 2.75) is 13.3 Å². The zero-order valence-corrected chi connectivity index (χ0v) is 10.00. The number of nitrogens with zero attached hydrogens (tertiary/aromatic N) is 2. The van der Waals surface area contributed by atoms with Crippen LogP contribution in [0.5, 0.6) is 0 Å². The SMILES string of the molecule is CCC(C(=O)N(CC(N)=O)CC(N)=O)C(N)=NO. The molecule has 0 aliphatic rings. The lowest BCUT2D eigenvalue weighted by Gasteiger charge is -2.23. The Morgan fingerprint density at radius 1 is 1.17 bits per heavy atom. The molecule has 0 saturated heterocycles. The van der Waals surface area contributed by atoms with E-state index in [1.807, 2.05) is 0 Å². The highest BCUT2D eigenvalue weighted by Crippen LogP contribution is 2.08. The molecule has 3 amide bonds. The number of amides is 3. The molecule has 0 spiro atoms. The van der Waals surface area contributed by atoms with E-state index in [2.05, 4.69) is 5.16 Å². The van der Waals surface area contributed by atoms with Gasteiger partial charge in [0.15, 0.2) is 5.84 Å². The molecule has 0 aliphatic heterocycles. The molecular formula is C9H17N5O4. The third-order valence-corrected chi connectivity index (χ3v) is 2.18. The lowest BCUT2D eigenvalue weighted by atomic mass is 10.0. The minimum Gasteiger partial charge on any atom is -0.409 e. The molecule has 0 aliphatic carbocycles. The van der Waals surface area contributed by atoms with E-state index in [0.717, 1.165) is 4.90 Å². The molecule has 0 fully saturated rings. The molecule has 7 N–H and O–H groups in total. The van der Waals surface area contributed by atoms with Gasteiger partial charge in [-0.3, -0.25) is 14.4 Å². The van der Waals surface area contributed by atoms with Crippen LogP contribution < -0.4 is 17.2 Å². The van der Waals surface area contributed by atoms with Crippen molar-refractivity contribution in [3.8, 4) is 0 Å². The second-order valence-corrected chi connectivity index (χ2v) is 3.61. The summed E-state index contributed by atoms with van der Waals surface area (Å²) in [5, 5.41) is 11.3.